The van der Waals surface area contributed by atoms with Crippen molar-refractivity contribution in [2.45, 2.75) is 91.8 Å². The van der Waals surface area contributed by atoms with E-state index in [-0.39, 0.29) is 0 Å². The van der Waals surface area contributed by atoms with Crippen molar-refractivity contribution in [2.24, 2.45) is 5.92 Å². The van der Waals surface area contributed by atoms with Gasteiger partial charge in [0.1, 0.15) is 0 Å². The Morgan fingerprint density at radius 1 is 0.812 bits per heavy atom. The van der Waals surface area contributed by atoms with Crippen molar-refractivity contribution in [3.8, 4) is 0 Å². The molecule has 1 nitrogen and oxygen atoms in total. The molecule has 1 atom stereocenters. The lowest BCUT2D eigenvalue weighted by atomic mass is 10.0. The molecule has 16 heavy (non-hydrogen) atoms. The summed E-state index contributed by atoms with van der Waals surface area (Å²) in [7, 11) is 0. The minimum atomic E-state index is 0.380. The molecular formula is C15H32O. The molecule has 0 fully saturated rings. The topological polar surface area (TPSA) is 9.23 Å². The SMILES string of the molecule is CCCCCC(CCCC(C)C)OC(C)C. The summed E-state index contributed by atoms with van der Waals surface area (Å²) in [6.07, 6.45) is 10.0. The lowest BCUT2D eigenvalue weighted by Crippen LogP contribution is -2.18. The molecule has 0 radical (unpaired) electrons. The fraction of sp³-hybridized carbons (Fsp3) is 1.00. The highest BCUT2D eigenvalue weighted by Gasteiger charge is 2.10. The van der Waals surface area contributed by atoms with Gasteiger partial charge in [0.15, 0.2) is 0 Å². The van der Waals surface area contributed by atoms with Gasteiger partial charge in [-0.05, 0) is 32.6 Å². The van der Waals surface area contributed by atoms with E-state index in [0.717, 1.165) is 5.92 Å². The summed E-state index contributed by atoms with van der Waals surface area (Å²) in [5, 5.41) is 0. The molecule has 0 spiro atoms. The van der Waals surface area contributed by atoms with Gasteiger partial charge in [0.2, 0.25) is 0 Å². The van der Waals surface area contributed by atoms with E-state index in [1.807, 2.05) is 0 Å². The average Bonchev–Trinajstić information content (AvgIpc) is 2.16. The minimum absolute atomic E-state index is 0.380. The highest BCUT2D eigenvalue weighted by molar-refractivity contribution is 4.61. The summed E-state index contributed by atoms with van der Waals surface area (Å²) in [5.41, 5.74) is 0. The Labute approximate surface area is 103 Å². The van der Waals surface area contributed by atoms with Gasteiger partial charge in [0.25, 0.3) is 0 Å². The van der Waals surface area contributed by atoms with E-state index in [4.69, 9.17) is 4.74 Å². The Bertz CT molecular complexity index is 140. The largest absolute Gasteiger partial charge is 0.376 e. The van der Waals surface area contributed by atoms with Crippen LogP contribution in [0.1, 0.15) is 79.6 Å². The lowest BCUT2D eigenvalue weighted by molar-refractivity contribution is -0.00422. The maximum atomic E-state index is 5.98. The van der Waals surface area contributed by atoms with Gasteiger partial charge in [-0.3, -0.25) is 0 Å². The second kappa shape index (κ2) is 10.1. The zero-order chi connectivity index (χ0) is 12.4. The summed E-state index contributed by atoms with van der Waals surface area (Å²) in [6.45, 7) is 11.2. The van der Waals surface area contributed by atoms with Gasteiger partial charge in [-0.1, -0.05) is 52.9 Å². The Morgan fingerprint density at radius 3 is 1.94 bits per heavy atom. The maximum Gasteiger partial charge on any atom is 0.0578 e. The highest BCUT2D eigenvalue weighted by atomic mass is 16.5. The van der Waals surface area contributed by atoms with Gasteiger partial charge >= 0.3 is 0 Å². The van der Waals surface area contributed by atoms with E-state index in [2.05, 4.69) is 34.6 Å². The van der Waals surface area contributed by atoms with Crippen LogP contribution in [-0.2, 0) is 4.74 Å². The normalized spacial score (nSPS) is 13.7. The quantitative estimate of drug-likeness (QED) is 0.468. The van der Waals surface area contributed by atoms with E-state index < -0.39 is 0 Å². The third-order valence-electron chi connectivity index (χ3n) is 2.90. The second-order valence-corrected chi connectivity index (χ2v) is 5.63. The van der Waals surface area contributed by atoms with Crippen LogP contribution in [0.3, 0.4) is 0 Å². The number of rotatable bonds is 10. The Balaban J connectivity index is 3.71. The predicted molar refractivity (Wildman–Crippen MR) is 72.8 cm³/mol. The van der Waals surface area contributed by atoms with Crippen molar-refractivity contribution in [1.82, 2.24) is 0 Å². The smallest absolute Gasteiger partial charge is 0.0578 e. The van der Waals surface area contributed by atoms with Gasteiger partial charge in [0.05, 0.1) is 12.2 Å². The van der Waals surface area contributed by atoms with Crippen molar-refractivity contribution in [2.75, 3.05) is 0 Å². The summed E-state index contributed by atoms with van der Waals surface area (Å²) < 4.78 is 5.98. The molecule has 0 saturated heterocycles. The molecule has 0 amide bonds. The van der Waals surface area contributed by atoms with E-state index in [1.165, 1.54) is 44.9 Å². The van der Waals surface area contributed by atoms with Crippen molar-refractivity contribution < 1.29 is 4.74 Å². The molecule has 0 aliphatic carbocycles. The molecule has 0 aromatic rings. The van der Waals surface area contributed by atoms with Crippen molar-refractivity contribution in [3.05, 3.63) is 0 Å². The standard InChI is InChI=1S/C15H32O/c1-6-7-8-11-15(16-14(4)5)12-9-10-13(2)3/h13-15H,6-12H2,1-5H3. The summed E-state index contributed by atoms with van der Waals surface area (Å²) in [6, 6.07) is 0. The number of hydrogen-bond donors (Lipinski definition) is 0. The first-order valence-electron chi connectivity index (χ1n) is 7.21. The summed E-state index contributed by atoms with van der Waals surface area (Å²) >= 11 is 0. The number of hydrogen-bond acceptors (Lipinski definition) is 1. The first kappa shape index (κ1) is 16.0. The molecular weight excluding hydrogens is 196 g/mol. The Hall–Kier alpha value is -0.0400. The van der Waals surface area contributed by atoms with Crippen LogP contribution in [0.15, 0.2) is 0 Å². The molecule has 0 aromatic heterocycles. The fourth-order valence-corrected chi connectivity index (χ4v) is 2.04. The first-order chi connectivity index (χ1) is 7.56. The van der Waals surface area contributed by atoms with Gasteiger partial charge in [-0.2, -0.15) is 0 Å². The van der Waals surface area contributed by atoms with Crippen LogP contribution in [0.4, 0.5) is 0 Å². The third-order valence-corrected chi connectivity index (χ3v) is 2.90. The number of ether oxygens (including phenoxy) is 1. The molecule has 0 aliphatic heterocycles. The van der Waals surface area contributed by atoms with Crippen LogP contribution >= 0.6 is 0 Å². The predicted octanol–water partition coefficient (Wildman–Crippen LogP) is 5.19. The van der Waals surface area contributed by atoms with Crippen LogP contribution in [0.25, 0.3) is 0 Å². The van der Waals surface area contributed by atoms with E-state index in [0.29, 0.717) is 12.2 Å². The van der Waals surface area contributed by atoms with Gasteiger partial charge < -0.3 is 4.74 Å². The lowest BCUT2D eigenvalue weighted by Gasteiger charge is -2.20. The fourth-order valence-electron chi connectivity index (χ4n) is 2.04. The summed E-state index contributed by atoms with van der Waals surface area (Å²) in [5.74, 6) is 0.829. The first-order valence-corrected chi connectivity index (χ1v) is 7.21. The maximum absolute atomic E-state index is 5.98. The second-order valence-electron chi connectivity index (χ2n) is 5.63. The molecule has 0 rings (SSSR count). The van der Waals surface area contributed by atoms with E-state index in [1.54, 1.807) is 0 Å². The van der Waals surface area contributed by atoms with Crippen molar-refractivity contribution in [1.29, 1.82) is 0 Å². The molecule has 0 bridgehead atoms. The van der Waals surface area contributed by atoms with E-state index >= 15 is 0 Å². The molecule has 0 N–H and O–H groups in total. The van der Waals surface area contributed by atoms with Gasteiger partial charge in [-0.25, -0.2) is 0 Å². The highest BCUT2D eigenvalue weighted by Crippen LogP contribution is 2.17. The molecule has 0 aliphatic rings. The Kier molecular flexibility index (Phi) is 10.1. The van der Waals surface area contributed by atoms with Crippen LogP contribution in [0.5, 0.6) is 0 Å². The zero-order valence-electron chi connectivity index (χ0n) is 12.1. The molecule has 0 heterocycles. The monoisotopic (exact) mass is 228 g/mol. The molecule has 1 heteroatoms. The van der Waals surface area contributed by atoms with Crippen molar-refractivity contribution >= 4 is 0 Å². The average molecular weight is 228 g/mol. The minimum Gasteiger partial charge on any atom is -0.376 e. The Morgan fingerprint density at radius 2 is 1.44 bits per heavy atom. The van der Waals surface area contributed by atoms with Crippen molar-refractivity contribution in [3.63, 3.8) is 0 Å². The van der Waals surface area contributed by atoms with Gasteiger partial charge in [-0.15, -0.1) is 0 Å². The zero-order valence-corrected chi connectivity index (χ0v) is 12.1. The van der Waals surface area contributed by atoms with Crippen LogP contribution < -0.4 is 0 Å². The molecule has 98 valence electrons. The molecule has 1 unspecified atom stereocenters. The van der Waals surface area contributed by atoms with Crippen LogP contribution in [0.2, 0.25) is 0 Å². The van der Waals surface area contributed by atoms with Crippen LogP contribution in [-0.4, -0.2) is 12.2 Å². The van der Waals surface area contributed by atoms with E-state index in [9.17, 15) is 0 Å². The molecule has 0 saturated carbocycles. The van der Waals surface area contributed by atoms with Gasteiger partial charge in [0, 0.05) is 0 Å². The molecule has 0 aromatic carbocycles. The third kappa shape index (κ3) is 10.5. The van der Waals surface area contributed by atoms with Crippen LogP contribution in [0, 0.1) is 5.92 Å². The number of unbranched alkanes of at least 4 members (excludes halogenated alkanes) is 2. The summed E-state index contributed by atoms with van der Waals surface area (Å²) in [4.78, 5) is 0.